The van der Waals surface area contributed by atoms with E-state index in [9.17, 15) is 0 Å². The lowest BCUT2D eigenvalue weighted by atomic mass is 9.99. The van der Waals surface area contributed by atoms with Crippen LogP contribution in [0.3, 0.4) is 0 Å². The van der Waals surface area contributed by atoms with Gasteiger partial charge in [-0.1, -0.05) is 19.1 Å². The fourth-order valence-electron chi connectivity index (χ4n) is 1.06. The summed E-state index contributed by atoms with van der Waals surface area (Å²) in [6, 6.07) is 0.672. The Kier molecular flexibility index (Phi) is 5.22. The van der Waals surface area contributed by atoms with E-state index >= 15 is 0 Å². The maximum Gasteiger partial charge on any atom is 0.00894 e. The maximum atomic E-state index is 2.30. The van der Waals surface area contributed by atoms with Gasteiger partial charge >= 0.3 is 0 Å². The van der Waals surface area contributed by atoms with Crippen molar-refractivity contribution in [3.8, 4) is 0 Å². The van der Waals surface area contributed by atoms with Gasteiger partial charge in [-0.25, -0.2) is 0 Å². The van der Waals surface area contributed by atoms with Gasteiger partial charge in [0.05, 0.1) is 0 Å². The SMILES string of the molecule is C/C=C\CC(C)[C@H](C)N(C)C. The van der Waals surface area contributed by atoms with Crippen LogP contribution < -0.4 is 0 Å². The molecule has 0 aromatic carbocycles. The fourth-order valence-corrected chi connectivity index (χ4v) is 1.06. The van der Waals surface area contributed by atoms with Crippen molar-refractivity contribution >= 4 is 0 Å². The lowest BCUT2D eigenvalue weighted by molar-refractivity contribution is 0.240. The van der Waals surface area contributed by atoms with Crippen molar-refractivity contribution < 1.29 is 0 Å². The molecule has 0 bridgehead atoms. The number of rotatable bonds is 4. The molecule has 0 spiro atoms. The highest BCUT2D eigenvalue weighted by Crippen LogP contribution is 2.12. The van der Waals surface area contributed by atoms with Crippen LogP contribution >= 0.6 is 0 Å². The third kappa shape index (κ3) is 4.20. The van der Waals surface area contributed by atoms with E-state index in [0.29, 0.717) is 6.04 Å². The highest BCUT2D eigenvalue weighted by Gasteiger charge is 2.11. The Morgan fingerprint density at radius 3 is 2.18 bits per heavy atom. The second-order valence-corrected chi connectivity index (χ2v) is 3.49. The zero-order chi connectivity index (χ0) is 8.85. The van der Waals surface area contributed by atoms with Crippen LogP contribution in [0.15, 0.2) is 12.2 Å². The van der Waals surface area contributed by atoms with Crippen molar-refractivity contribution in [2.45, 2.75) is 33.2 Å². The predicted molar refractivity (Wildman–Crippen MR) is 51.7 cm³/mol. The van der Waals surface area contributed by atoms with Gasteiger partial charge in [-0.2, -0.15) is 0 Å². The molecule has 2 atom stereocenters. The van der Waals surface area contributed by atoms with E-state index in [1.165, 1.54) is 6.42 Å². The second-order valence-electron chi connectivity index (χ2n) is 3.49. The lowest BCUT2D eigenvalue weighted by Gasteiger charge is -2.25. The van der Waals surface area contributed by atoms with Gasteiger partial charge in [0, 0.05) is 6.04 Å². The van der Waals surface area contributed by atoms with Crippen LogP contribution in [0.4, 0.5) is 0 Å². The molecule has 0 aromatic heterocycles. The molecule has 0 saturated carbocycles. The molecule has 0 aliphatic heterocycles. The van der Waals surface area contributed by atoms with E-state index in [-0.39, 0.29) is 0 Å². The van der Waals surface area contributed by atoms with Crippen molar-refractivity contribution in [3.63, 3.8) is 0 Å². The predicted octanol–water partition coefficient (Wildman–Crippen LogP) is 2.54. The molecule has 66 valence electrons. The Hall–Kier alpha value is -0.300. The quantitative estimate of drug-likeness (QED) is 0.564. The van der Waals surface area contributed by atoms with Gasteiger partial charge in [0.2, 0.25) is 0 Å². The van der Waals surface area contributed by atoms with Crippen molar-refractivity contribution in [2.24, 2.45) is 5.92 Å². The van der Waals surface area contributed by atoms with E-state index in [4.69, 9.17) is 0 Å². The molecule has 1 unspecified atom stereocenters. The van der Waals surface area contributed by atoms with Gasteiger partial charge in [-0.05, 0) is 40.3 Å². The molecule has 0 aromatic rings. The van der Waals surface area contributed by atoms with E-state index < -0.39 is 0 Å². The Balaban J connectivity index is 3.72. The zero-order valence-electron chi connectivity index (χ0n) is 8.46. The smallest absolute Gasteiger partial charge is 0.00894 e. The van der Waals surface area contributed by atoms with Crippen LogP contribution in [-0.4, -0.2) is 25.0 Å². The summed E-state index contributed by atoms with van der Waals surface area (Å²) in [5.41, 5.74) is 0. The summed E-state index contributed by atoms with van der Waals surface area (Å²) in [6.07, 6.45) is 5.55. The summed E-state index contributed by atoms with van der Waals surface area (Å²) in [5, 5.41) is 0. The molecule has 0 radical (unpaired) electrons. The van der Waals surface area contributed by atoms with Crippen LogP contribution in [0, 0.1) is 5.92 Å². The first-order valence-corrected chi connectivity index (χ1v) is 4.37. The molecular formula is C10H21N. The zero-order valence-corrected chi connectivity index (χ0v) is 8.46. The highest BCUT2D eigenvalue weighted by molar-refractivity contribution is 4.82. The summed E-state index contributed by atoms with van der Waals surface area (Å²) in [7, 11) is 4.27. The van der Waals surface area contributed by atoms with E-state index in [2.05, 4.69) is 51.9 Å². The van der Waals surface area contributed by atoms with Gasteiger partial charge in [-0.15, -0.1) is 0 Å². The lowest BCUT2D eigenvalue weighted by Crippen LogP contribution is -2.30. The summed E-state index contributed by atoms with van der Waals surface area (Å²) in [4.78, 5) is 2.27. The number of nitrogens with zero attached hydrogens (tertiary/aromatic N) is 1. The molecule has 0 saturated heterocycles. The third-order valence-corrected chi connectivity index (χ3v) is 2.38. The van der Waals surface area contributed by atoms with Crippen LogP contribution in [-0.2, 0) is 0 Å². The normalized spacial score (nSPS) is 17.6. The average Bonchev–Trinajstić information content (AvgIpc) is 1.98. The van der Waals surface area contributed by atoms with E-state index in [1.54, 1.807) is 0 Å². The average molecular weight is 155 g/mol. The van der Waals surface area contributed by atoms with Gasteiger partial charge in [-0.3, -0.25) is 0 Å². The summed E-state index contributed by atoms with van der Waals surface area (Å²) in [5.74, 6) is 0.751. The highest BCUT2D eigenvalue weighted by atomic mass is 15.1. The molecular weight excluding hydrogens is 134 g/mol. The summed E-state index contributed by atoms with van der Waals surface area (Å²) in [6.45, 7) is 6.64. The van der Waals surface area contributed by atoms with E-state index in [1.807, 2.05) is 0 Å². The Morgan fingerprint density at radius 2 is 1.82 bits per heavy atom. The Morgan fingerprint density at radius 1 is 1.27 bits per heavy atom. The second kappa shape index (κ2) is 5.36. The minimum atomic E-state index is 0.672. The Labute approximate surface area is 71.1 Å². The largest absolute Gasteiger partial charge is 0.306 e. The molecule has 1 heteroatoms. The topological polar surface area (TPSA) is 3.24 Å². The molecule has 1 nitrogen and oxygen atoms in total. The van der Waals surface area contributed by atoms with Crippen molar-refractivity contribution in [2.75, 3.05) is 14.1 Å². The van der Waals surface area contributed by atoms with Crippen LogP contribution in [0.5, 0.6) is 0 Å². The minimum Gasteiger partial charge on any atom is -0.306 e. The van der Waals surface area contributed by atoms with Crippen molar-refractivity contribution in [1.29, 1.82) is 0 Å². The van der Waals surface area contributed by atoms with Crippen molar-refractivity contribution in [3.05, 3.63) is 12.2 Å². The van der Waals surface area contributed by atoms with Crippen LogP contribution in [0.25, 0.3) is 0 Å². The molecule has 0 N–H and O–H groups in total. The third-order valence-electron chi connectivity index (χ3n) is 2.38. The van der Waals surface area contributed by atoms with Crippen LogP contribution in [0.1, 0.15) is 27.2 Å². The molecule has 0 amide bonds. The molecule has 0 aliphatic carbocycles. The van der Waals surface area contributed by atoms with E-state index in [0.717, 1.165) is 5.92 Å². The van der Waals surface area contributed by atoms with Gasteiger partial charge < -0.3 is 4.90 Å². The van der Waals surface area contributed by atoms with Gasteiger partial charge in [0.25, 0.3) is 0 Å². The first-order valence-electron chi connectivity index (χ1n) is 4.37. The molecule has 0 fully saturated rings. The fraction of sp³-hybridized carbons (Fsp3) is 0.800. The first kappa shape index (κ1) is 10.7. The molecule has 0 aliphatic rings. The molecule has 0 rings (SSSR count). The number of hydrogen-bond acceptors (Lipinski definition) is 1. The maximum absolute atomic E-state index is 2.30. The standard InChI is InChI=1S/C10H21N/c1-6-7-8-9(2)10(3)11(4)5/h6-7,9-10H,8H2,1-5H3/b7-6-/t9?,10-/m0/s1. The molecule has 0 heterocycles. The number of hydrogen-bond donors (Lipinski definition) is 0. The van der Waals surface area contributed by atoms with Gasteiger partial charge in [0.1, 0.15) is 0 Å². The molecule has 11 heavy (non-hydrogen) atoms. The van der Waals surface area contributed by atoms with Gasteiger partial charge in [0.15, 0.2) is 0 Å². The monoisotopic (exact) mass is 155 g/mol. The summed E-state index contributed by atoms with van der Waals surface area (Å²) < 4.78 is 0. The number of allylic oxidation sites excluding steroid dienone is 2. The van der Waals surface area contributed by atoms with Crippen LogP contribution in [0.2, 0.25) is 0 Å². The minimum absolute atomic E-state index is 0.672. The summed E-state index contributed by atoms with van der Waals surface area (Å²) >= 11 is 0. The first-order chi connectivity index (χ1) is 5.09. The Bertz CT molecular complexity index is 116. The van der Waals surface area contributed by atoms with Crippen molar-refractivity contribution in [1.82, 2.24) is 4.90 Å².